The second-order valence-corrected chi connectivity index (χ2v) is 8.10. The number of amides is 1. The van der Waals surface area contributed by atoms with Crippen LogP contribution in [-0.4, -0.2) is 28.9 Å². The second-order valence-electron chi connectivity index (χ2n) is 8.10. The number of nitrogens with zero attached hydrogens (tertiary/aromatic N) is 1. The third kappa shape index (κ3) is 5.74. The Bertz CT molecular complexity index is 966. The van der Waals surface area contributed by atoms with Gasteiger partial charge < -0.3 is 15.2 Å². The van der Waals surface area contributed by atoms with Crippen LogP contribution < -0.4 is 29.3 Å². The van der Waals surface area contributed by atoms with Gasteiger partial charge in [-0.15, -0.1) is 0 Å². The summed E-state index contributed by atoms with van der Waals surface area (Å²) >= 11 is 0. The predicted molar refractivity (Wildman–Crippen MR) is 107 cm³/mol. The van der Waals surface area contributed by atoms with Crippen LogP contribution in [0.15, 0.2) is 48.5 Å². The van der Waals surface area contributed by atoms with E-state index in [1.165, 1.54) is 18.2 Å². The van der Waals surface area contributed by atoms with E-state index in [9.17, 15) is 27.9 Å². The molecule has 1 saturated heterocycles. The summed E-state index contributed by atoms with van der Waals surface area (Å²) in [6.07, 6.45) is -3.06. The molecule has 3 rings (SSSR count). The topological polar surface area (TPSA) is 72.5 Å². The number of likely N-dealkylation sites (tertiary alicyclic amines) is 1. The third-order valence-electron chi connectivity index (χ3n) is 5.90. The van der Waals surface area contributed by atoms with E-state index in [1.54, 1.807) is 32.0 Å². The minimum Gasteiger partial charge on any atom is -0.545 e. The number of carboxylic acid groups (broad SMARTS) is 1. The Balaban J connectivity index is 0.00000363. The van der Waals surface area contributed by atoms with Crippen molar-refractivity contribution in [1.82, 2.24) is 10.2 Å². The fraction of sp³-hybridized carbons (Fsp3) is 0.391. The Hall–Kier alpha value is -2.27. The Kier molecular flexibility index (Phi) is 8.21. The van der Waals surface area contributed by atoms with E-state index in [1.807, 2.05) is 4.90 Å². The largest absolute Gasteiger partial charge is 1.00 e. The molecule has 5 nitrogen and oxygen atoms in total. The molecule has 0 aliphatic carbocycles. The van der Waals surface area contributed by atoms with Gasteiger partial charge in [-0.2, -0.15) is 13.2 Å². The zero-order valence-corrected chi connectivity index (χ0v) is 18.3. The van der Waals surface area contributed by atoms with Crippen LogP contribution in [0, 0.1) is 0 Å². The molecule has 1 amide bonds. The Morgan fingerprint density at radius 1 is 1.19 bits per heavy atom. The number of aromatic carboxylic acids is 1. The van der Waals surface area contributed by atoms with Crippen LogP contribution in [0.3, 0.4) is 0 Å². The van der Waals surface area contributed by atoms with Gasteiger partial charge in [-0.1, -0.05) is 42.5 Å². The van der Waals surface area contributed by atoms with Crippen LogP contribution >= 0.6 is 0 Å². The van der Waals surface area contributed by atoms with Crippen molar-refractivity contribution in [1.29, 1.82) is 0 Å². The maximum absolute atomic E-state index is 13.1. The number of benzene rings is 2. The van der Waals surface area contributed by atoms with Gasteiger partial charge >= 0.3 is 25.0 Å². The summed E-state index contributed by atoms with van der Waals surface area (Å²) in [5.41, 5.74) is -0.264. The first kappa shape index (κ1) is 26.0. The zero-order chi connectivity index (χ0) is 22.8. The molecule has 1 aliphatic heterocycles. The Morgan fingerprint density at radius 2 is 1.84 bits per heavy atom. The van der Waals surface area contributed by atoms with Crippen LogP contribution in [0.1, 0.15) is 59.8 Å². The maximum Gasteiger partial charge on any atom is 1.00 e. The van der Waals surface area contributed by atoms with Crippen LogP contribution in [0.5, 0.6) is 0 Å². The molecular weight excluding hydrogens is 416 g/mol. The first-order valence-electron chi connectivity index (χ1n) is 10.0. The van der Waals surface area contributed by atoms with E-state index >= 15 is 0 Å². The summed E-state index contributed by atoms with van der Waals surface area (Å²) in [4.78, 5) is 25.9. The molecule has 0 spiro atoms. The van der Waals surface area contributed by atoms with Gasteiger partial charge in [0.25, 0.3) is 0 Å². The molecule has 2 aromatic rings. The van der Waals surface area contributed by atoms with E-state index < -0.39 is 23.2 Å². The van der Waals surface area contributed by atoms with Crippen molar-refractivity contribution in [2.24, 2.45) is 0 Å². The van der Waals surface area contributed by atoms with Crippen LogP contribution in [-0.2, 0) is 17.5 Å². The van der Waals surface area contributed by atoms with Gasteiger partial charge in [-0.05, 0) is 56.0 Å². The SMILES string of the molecule is C[C@H](NC(=O)C1(C)CCCN1Cc1cccc(C(F)(F)F)c1)c1ccc(C(=O)[O-])cc1.[Li+]. The van der Waals surface area contributed by atoms with E-state index in [-0.39, 0.29) is 42.9 Å². The van der Waals surface area contributed by atoms with E-state index in [2.05, 4.69) is 5.32 Å². The molecule has 0 aromatic heterocycles. The molecule has 0 saturated carbocycles. The van der Waals surface area contributed by atoms with Crippen LogP contribution in [0.25, 0.3) is 0 Å². The summed E-state index contributed by atoms with van der Waals surface area (Å²) in [6.45, 7) is 4.44. The Morgan fingerprint density at radius 3 is 2.44 bits per heavy atom. The van der Waals surface area contributed by atoms with Crippen molar-refractivity contribution in [3.05, 3.63) is 70.8 Å². The number of nitrogens with one attached hydrogen (secondary N) is 1. The van der Waals surface area contributed by atoms with Gasteiger partial charge in [-0.3, -0.25) is 9.69 Å². The van der Waals surface area contributed by atoms with Gasteiger partial charge in [0.05, 0.1) is 23.1 Å². The van der Waals surface area contributed by atoms with Crippen LogP contribution in [0.4, 0.5) is 13.2 Å². The van der Waals surface area contributed by atoms with Gasteiger partial charge in [-0.25, -0.2) is 0 Å². The molecule has 0 bridgehead atoms. The fourth-order valence-corrected chi connectivity index (χ4v) is 3.94. The molecule has 0 radical (unpaired) electrons. The average molecular weight is 440 g/mol. The van der Waals surface area contributed by atoms with Crippen molar-refractivity contribution in [3.63, 3.8) is 0 Å². The molecule has 1 heterocycles. The molecule has 1 fully saturated rings. The molecule has 9 heteroatoms. The normalized spacial score (nSPS) is 19.8. The third-order valence-corrected chi connectivity index (χ3v) is 5.90. The summed E-state index contributed by atoms with van der Waals surface area (Å²) < 4.78 is 39.1. The van der Waals surface area contributed by atoms with Crippen molar-refractivity contribution in [2.75, 3.05) is 6.54 Å². The number of hydrogen-bond acceptors (Lipinski definition) is 4. The quantitative estimate of drug-likeness (QED) is 0.657. The molecule has 1 unspecified atom stereocenters. The smallest absolute Gasteiger partial charge is 0.545 e. The van der Waals surface area contributed by atoms with Gasteiger partial charge in [0.1, 0.15) is 0 Å². The number of carboxylic acids is 1. The minimum atomic E-state index is -4.41. The summed E-state index contributed by atoms with van der Waals surface area (Å²) in [5.74, 6) is -1.49. The number of carbonyl (C=O) groups excluding carboxylic acids is 2. The van der Waals surface area contributed by atoms with E-state index in [0.29, 0.717) is 18.5 Å². The van der Waals surface area contributed by atoms with E-state index in [4.69, 9.17) is 0 Å². The number of hydrogen-bond donors (Lipinski definition) is 1. The number of alkyl halides is 3. The zero-order valence-electron chi connectivity index (χ0n) is 18.3. The first-order chi connectivity index (χ1) is 14.5. The van der Waals surface area contributed by atoms with Crippen molar-refractivity contribution in [3.8, 4) is 0 Å². The molecular formula is C23H24F3LiN2O3. The molecule has 2 atom stereocenters. The summed E-state index contributed by atoms with van der Waals surface area (Å²) in [5, 5.41) is 13.8. The van der Waals surface area contributed by atoms with E-state index in [0.717, 1.165) is 24.1 Å². The molecule has 1 aliphatic rings. The second kappa shape index (κ2) is 10.1. The molecule has 2 aromatic carbocycles. The van der Waals surface area contributed by atoms with Gasteiger partial charge in [0, 0.05) is 6.54 Å². The van der Waals surface area contributed by atoms with Crippen molar-refractivity contribution < 1.29 is 46.7 Å². The molecule has 32 heavy (non-hydrogen) atoms. The number of rotatable bonds is 6. The van der Waals surface area contributed by atoms with Crippen molar-refractivity contribution in [2.45, 2.75) is 51.0 Å². The minimum absolute atomic E-state index is 0. The standard InChI is InChI=1S/C23H25F3N2O3.Li/c1-15(17-7-9-18(10-8-17)20(29)30)27-21(31)22(2)11-4-12-28(22)14-16-5-3-6-19(13-16)23(24,25)26;/h3,5-10,13,15H,4,11-12,14H2,1-2H3,(H,27,31)(H,29,30);/q;+1/p-1/t15-,22?;/m0./s1. The Labute approximate surface area is 197 Å². The van der Waals surface area contributed by atoms with Crippen LogP contribution in [0.2, 0.25) is 0 Å². The first-order valence-corrected chi connectivity index (χ1v) is 10.0. The van der Waals surface area contributed by atoms with Crippen molar-refractivity contribution >= 4 is 11.9 Å². The molecule has 1 N–H and O–H groups in total. The monoisotopic (exact) mass is 440 g/mol. The summed E-state index contributed by atoms with van der Waals surface area (Å²) in [7, 11) is 0. The maximum atomic E-state index is 13.1. The predicted octanol–water partition coefficient (Wildman–Crippen LogP) is 0.305. The summed E-state index contributed by atoms with van der Waals surface area (Å²) in [6, 6.07) is 10.9. The number of halogens is 3. The van der Waals surface area contributed by atoms with Gasteiger partial charge in [0.2, 0.25) is 5.91 Å². The fourth-order valence-electron chi connectivity index (χ4n) is 3.94. The molecule has 166 valence electrons. The van der Waals surface area contributed by atoms with Gasteiger partial charge in [0.15, 0.2) is 0 Å². The average Bonchev–Trinajstić information content (AvgIpc) is 3.09. The number of carbonyl (C=O) groups is 2.